The fourth-order valence-corrected chi connectivity index (χ4v) is 3.53. The van der Waals surface area contributed by atoms with Crippen molar-refractivity contribution in [3.05, 3.63) is 66.6 Å². The van der Waals surface area contributed by atoms with Crippen molar-refractivity contribution in [2.75, 3.05) is 16.8 Å². The molecule has 0 saturated heterocycles. The summed E-state index contributed by atoms with van der Waals surface area (Å²) in [5, 5.41) is 3.21. The fourth-order valence-electron chi connectivity index (χ4n) is 2.50. The summed E-state index contributed by atoms with van der Waals surface area (Å²) in [6, 6.07) is 11.6. The van der Waals surface area contributed by atoms with Gasteiger partial charge in [-0.1, -0.05) is 0 Å². The van der Waals surface area contributed by atoms with E-state index in [-0.39, 0.29) is 17.5 Å². The number of fused-ring (bicyclic) bond motifs is 1. The Morgan fingerprint density at radius 3 is 2.59 bits per heavy atom. The minimum absolute atomic E-state index is 0.0773. The van der Waals surface area contributed by atoms with E-state index in [1.165, 1.54) is 12.1 Å². The first-order valence-corrected chi connectivity index (χ1v) is 9.60. The topological polar surface area (TPSA) is 102 Å². The number of anilines is 2. The van der Waals surface area contributed by atoms with E-state index >= 15 is 0 Å². The SMILES string of the molecule is O=S(=O)(Nc1ccc(NCc2ccncc2)cn1)c1ccc2c(c1)OCO2. The lowest BCUT2D eigenvalue weighted by Crippen LogP contribution is -2.14. The van der Waals surface area contributed by atoms with Gasteiger partial charge in [0.05, 0.1) is 16.8 Å². The fraction of sp³-hybridized carbons (Fsp3) is 0.111. The first kappa shape index (κ1) is 17.1. The maximum atomic E-state index is 12.5. The lowest BCUT2D eigenvalue weighted by molar-refractivity contribution is 0.174. The molecule has 1 aliphatic heterocycles. The van der Waals surface area contributed by atoms with E-state index in [0.29, 0.717) is 18.0 Å². The van der Waals surface area contributed by atoms with E-state index in [2.05, 4.69) is 20.0 Å². The van der Waals surface area contributed by atoms with Crippen LogP contribution in [-0.2, 0) is 16.6 Å². The van der Waals surface area contributed by atoms with Crippen LogP contribution in [0.25, 0.3) is 0 Å². The molecule has 0 unspecified atom stereocenters. The molecule has 0 spiro atoms. The highest BCUT2D eigenvalue weighted by Crippen LogP contribution is 2.34. The van der Waals surface area contributed by atoms with Gasteiger partial charge in [0.1, 0.15) is 5.82 Å². The lowest BCUT2D eigenvalue weighted by atomic mass is 10.2. The van der Waals surface area contributed by atoms with Crippen LogP contribution in [0.1, 0.15) is 5.56 Å². The number of nitrogens with one attached hydrogen (secondary N) is 2. The van der Waals surface area contributed by atoms with Crippen LogP contribution in [0.15, 0.2) is 66.0 Å². The monoisotopic (exact) mass is 384 g/mol. The zero-order valence-corrected chi connectivity index (χ0v) is 14.9. The van der Waals surface area contributed by atoms with Crippen molar-refractivity contribution >= 4 is 21.5 Å². The molecule has 2 N–H and O–H groups in total. The Balaban J connectivity index is 1.43. The third kappa shape index (κ3) is 3.93. The van der Waals surface area contributed by atoms with Gasteiger partial charge in [-0.2, -0.15) is 0 Å². The third-order valence-electron chi connectivity index (χ3n) is 3.90. The van der Waals surface area contributed by atoms with E-state index < -0.39 is 10.0 Å². The molecule has 8 nitrogen and oxygen atoms in total. The Hall–Kier alpha value is -3.33. The smallest absolute Gasteiger partial charge is 0.263 e. The van der Waals surface area contributed by atoms with Crippen LogP contribution in [0.3, 0.4) is 0 Å². The van der Waals surface area contributed by atoms with Crippen molar-refractivity contribution in [3.63, 3.8) is 0 Å². The Kier molecular flexibility index (Phi) is 4.51. The van der Waals surface area contributed by atoms with Gasteiger partial charge >= 0.3 is 0 Å². The van der Waals surface area contributed by atoms with E-state index in [9.17, 15) is 8.42 Å². The molecule has 1 aromatic carbocycles. The van der Waals surface area contributed by atoms with E-state index in [4.69, 9.17) is 9.47 Å². The molecule has 0 radical (unpaired) electrons. The molecule has 27 heavy (non-hydrogen) atoms. The number of pyridine rings is 2. The predicted molar refractivity (Wildman–Crippen MR) is 99.2 cm³/mol. The van der Waals surface area contributed by atoms with Gasteiger partial charge in [0.25, 0.3) is 10.0 Å². The molecule has 3 heterocycles. The molecular formula is C18H16N4O4S. The molecular weight excluding hydrogens is 368 g/mol. The largest absolute Gasteiger partial charge is 0.454 e. The van der Waals surface area contributed by atoms with Gasteiger partial charge in [-0.05, 0) is 42.0 Å². The maximum Gasteiger partial charge on any atom is 0.263 e. The zero-order valence-electron chi connectivity index (χ0n) is 14.1. The number of ether oxygens (including phenoxy) is 2. The lowest BCUT2D eigenvalue weighted by Gasteiger charge is -2.10. The highest BCUT2D eigenvalue weighted by molar-refractivity contribution is 7.92. The van der Waals surface area contributed by atoms with E-state index in [1.807, 2.05) is 12.1 Å². The number of sulfonamides is 1. The number of hydrogen-bond donors (Lipinski definition) is 2. The van der Waals surface area contributed by atoms with Crippen molar-refractivity contribution in [3.8, 4) is 11.5 Å². The Labute approximate surface area is 156 Å². The molecule has 0 aliphatic carbocycles. The van der Waals surface area contributed by atoms with Crippen LogP contribution < -0.4 is 19.5 Å². The second kappa shape index (κ2) is 7.12. The maximum absolute atomic E-state index is 12.5. The van der Waals surface area contributed by atoms with Crippen LogP contribution in [0.2, 0.25) is 0 Å². The van der Waals surface area contributed by atoms with Gasteiger partial charge in [0, 0.05) is 25.0 Å². The quantitative estimate of drug-likeness (QED) is 0.673. The second-order valence-corrected chi connectivity index (χ2v) is 7.44. The van der Waals surface area contributed by atoms with Crippen molar-refractivity contribution in [1.29, 1.82) is 0 Å². The molecule has 0 bridgehead atoms. The Bertz CT molecular complexity index is 1040. The third-order valence-corrected chi connectivity index (χ3v) is 5.26. The van der Waals surface area contributed by atoms with E-state index in [1.54, 1.807) is 36.8 Å². The van der Waals surface area contributed by atoms with Gasteiger partial charge in [-0.15, -0.1) is 0 Å². The van der Waals surface area contributed by atoms with Gasteiger partial charge in [0.2, 0.25) is 6.79 Å². The standard InChI is InChI=1S/C18H16N4O4S/c23-27(24,15-2-3-16-17(9-15)26-12-25-16)22-18-4-1-14(11-21-18)20-10-13-5-7-19-8-6-13/h1-9,11,20H,10,12H2,(H,21,22). The Morgan fingerprint density at radius 1 is 1.00 bits per heavy atom. The summed E-state index contributed by atoms with van der Waals surface area (Å²) < 4.78 is 37.9. The molecule has 3 aromatic rings. The minimum atomic E-state index is -3.78. The van der Waals surface area contributed by atoms with Crippen molar-refractivity contribution in [2.24, 2.45) is 0 Å². The normalized spacial score (nSPS) is 12.6. The highest BCUT2D eigenvalue weighted by atomic mass is 32.2. The average Bonchev–Trinajstić information content (AvgIpc) is 3.16. The number of benzene rings is 1. The summed E-state index contributed by atoms with van der Waals surface area (Å²) in [6.07, 6.45) is 5.02. The van der Waals surface area contributed by atoms with Crippen molar-refractivity contribution in [2.45, 2.75) is 11.4 Å². The average molecular weight is 384 g/mol. The van der Waals surface area contributed by atoms with Crippen LogP contribution in [0.5, 0.6) is 11.5 Å². The number of rotatable bonds is 6. The molecule has 0 atom stereocenters. The molecule has 1 aliphatic rings. The zero-order chi connectivity index (χ0) is 18.7. The summed E-state index contributed by atoms with van der Waals surface area (Å²) in [4.78, 5) is 8.20. The first-order chi connectivity index (χ1) is 13.1. The molecule has 4 rings (SSSR count). The van der Waals surface area contributed by atoms with E-state index in [0.717, 1.165) is 11.3 Å². The van der Waals surface area contributed by atoms with Crippen LogP contribution >= 0.6 is 0 Å². The van der Waals surface area contributed by atoms with Crippen molar-refractivity contribution in [1.82, 2.24) is 9.97 Å². The highest BCUT2D eigenvalue weighted by Gasteiger charge is 2.20. The summed E-state index contributed by atoms with van der Waals surface area (Å²) in [6.45, 7) is 0.703. The van der Waals surface area contributed by atoms with Crippen molar-refractivity contribution < 1.29 is 17.9 Å². The number of nitrogens with zero attached hydrogens (tertiary/aromatic N) is 2. The van der Waals surface area contributed by atoms with Gasteiger partial charge in [0.15, 0.2) is 11.5 Å². The van der Waals surface area contributed by atoms with Crippen LogP contribution in [0.4, 0.5) is 11.5 Å². The number of aromatic nitrogens is 2. The molecule has 0 fully saturated rings. The molecule has 9 heteroatoms. The summed E-state index contributed by atoms with van der Waals surface area (Å²) in [5.41, 5.74) is 1.86. The molecule has 2 aromatic heterocycles. The van der Waals surface area contributed by atoms with Crippen LogP contribution in [-0.4, -0.2) is 25.2 Å². The van der Waals surface area contributed by atoms with Gasteiger partial charge in [-0.3, -0.25) is 9.71 Å². The second-order valence-electron chi connectivity index (χ2n) is 5.76. The summed E-state index contributed by atoms with van der Waals surface area (Å²) in [7, 11) is -3.78. The van der Waals surface area contributed by atoms with Gasteiger partial charge in [-0.25, -0.2) is 13.4 Å². The van der Waals surface area contributed by atoms with Crippen LogP contribution in [0, 0.1) is 0 Å². The number of hydrogen-bond acceptors (Lipinski definition) is 7. The van der Waals surface area contributed by atoms with Gasteiger partial charge < -0.3 is 14.8 Å². The molecule has 0 saturated carbocycles. The Morgan fingerprint density at radius 2 is 1.81 bits per heavy atom. The molecule has 138 valence electrons. The first-order valence-electron chi connectivity index (χ1n) is 8.11. The molecule has 0 amide bonds. The summed E-state index contributed by atoms with van der Waals surface area (Å²) >= 11 is 0. The minimum Gasteiger partial charge on any atom is -0.454 e. The predicted octanol–water partition coefficient (Wildman–Crippen LogP) is 2.62. The summed E-state index contributed by atoms with van der Waals surface area (Å²) in [5.74, 6) is 1.15.